The summed E-state index contributed by atoms with van der Waals surface area (Å²) in [6.45, 7) is 3.50. The van der Waals surface area contributed by atoms with Gasteiger partial charge in [-0.3, -0.25) is 4.90 Å². The molecular weight excluding hydrogens is 254 g/mol. The summed E-state index contributed by atoms with van der Waals surface area (Å²) < 4.78 is 0. The van der Waals surface area contributed by atoms with Crippen LogP contribution in [0.5, 0.6) is 0 Å². The number of carboxylic acid groups (broad SMARTS) is 1. The second-order valence-electron chi connectivity index (χ2n) is 4.22. The third kappa shape index (κ3) is 3.62. The van der Waals surface area contributed by atoms with E-state index in [1.165, 1.54) is 0 Å². The Bertz CT molecular complexity index is 411. The molecule has 0 aliphatic rings. The van der Waals surface area contributed by atoms with Crippen LogP contribution in [0.15, 0.2) is 24.3 Å². The van der Waals surface area contributed by atoms with E-state index in [0.717, 1.165) is 10.5 Å². The van der Waals surface area contributed by atoms with E-state index in [9.17, 15) is 9.90 Å². The standard InChI is InChI=1S/C13H18ClNO3/c1-3-12(16)15(13(17)18)9(2)8-10-6-4-5-7-11(10)14/h4-7,9,12,16H,3,8H2,1-2H3,(H,17,18). The first kappa shape index (κ1) is 14.8. The second-order valence-corrected chi connectivity index (χ2v) is 4.63. The molecule has 18 heavy (non-hydrogen) atoms. The van der Waals surface area contributed by atoms with Gasteiger partial charge in [-0.05, 0) is 31.4 Å². The van der Waals surface area contributed by atoms with Crippen LogP contribution in [0.2, 0.25) is 5.02 Å². The number of benzene rings is 1. The number of hydrogen-bond acceptors (Lipinski definition) is 2. The first-order valence-corrected chi connectivity index (χ1v) is 6.27. The van der Waals surface area contributed by atoms with E-state index in [-0.39, 0.29) is 6.04 Å². The van der Waals surface area contributed by atoms with Crippen molar-refractivity contribution in [3.8, 4) is 0 Å². The second kappa shape index (κ2) is 6.61. The maximum Gasteiger partial charge on any atom is 0.409 e. The molecule has 1 rings (SSSR count). The Morgan fingerprint density at radius 2 is 2.06 bits per heavy atom. The van der Waals surface area contributed by atoms with E-state index in [2.05, 4.69) is 0 Å². The van der Waals surface area contributed by atoms with Crippen molar-refractivity contribution in [3.05, 3.63) is 34.9 Å². The van der Waals surface area contributed by atoms with E-state index in [1.807, 2.05) is 18.2 Å². The zero-order valence-electron chi connectivity index (χ0n) is 10.5. The first-order valence-electron chi connectivity index (χ1n) is 5.90. The Morgan fingerprint density at radius 1 is 1.44 bits per heavy atom. The number of amides is 1. The highest BCUT2D eigenvalue weighted by atomic mass is 35.5. The van der Waals surface area contributed by atoms with Crippen LogP contribution in [0.25, 0.3) is 0 Å². The fourth-order valence-corrected chi connectivity index (χ4v) is 2.10. The van der Waals surface area contributed by atoms with Gasteiger partial charge in [0.2, 0.25) is 0 Å². The molecule has 2 unspecified atom stereocenters. The summed E-state index contributed by atoms with van der Waals surface area (Å²) in [6.07, 6.45) is -1.27. The molecule has 2 N–H and O–H groups in total. The van der Waals surface area contributed by atoms with E-state index < -0.39 is 12.3 Å². The van der Waals surface area contributed by atoms with E-state index in [4.69, 9.17) is 16.7 Å². The predicted molar refractivity (Wildman–Crippen MR) is 70.8 cm³/mol. The molecule has 100 valence electrons. The van der Waals surface area contributed by atoms with Crippen molar-refractivity contribution < 1.29 is 15.0 Å². The molecule has 0 aromatic heterocycles. The highest BCUT2D eigenvalue weighted by Gasteiger charge is 2.25. The zero-order valence-corrected chi connectivity index (χ0v) is 11.3. The van der Waals surface area contributed by atoms with Crippen LogP contribution in [-0.2, 0) is 6.42 Å². The summed E-state index contributed by atoms with van der Waals surface area (Å²) in [6, 6.07) is 6.97. The Kier molecular flexibility index (Phi) is 5.44. The van der Waals surface area contributed by atoms with Crippen molar-refractivity contribution in [2.45, 2.75) is 39.0 Å². The van der Waals surface area contributed by atoms with Crippen molar-refractivity contribution in [2.75, 3.05) is 0 Å². The number of hydrogen-bond donors (Lipinski definition) is 2. The Hall–Kier alpha value is -1.26. The van der Waals surface area contributed by atoms with Gasteiger partial charge in [-0.15, -0.1) is 0 Å². The minimum Gasteiger partial charge on any atom is -0.465 e. The molecule has 2 atom stereocenters. The van der Waals surface area contributed by atoms with Gasteiger partial charge in [-0.1, -0.05) is 36.7 Å². The van der Waals surface area contributed by atoms with Gasteiger partial charge < -0.3 is 10.2 Å². The third-order valence-corrected chi connectivity index (χ3v) is 3.22. The van der Waals surface area contributed by atoms with Gasteiger partial charge in [0.25, 0.3) is 0 Å². The van der Waals surface area contributed by atoms with E-state index in [1.54, 1.807) is 19.9 Å². The van der Waals surface area contributed by atoms with Gasteiger partial charge in [0.05, 0.1) is 0 Å². The molecule has 0 saturated carbocycles. The van der Waals surface area contributed by atoms with Gasteiger partial charge in [0.1, 0.15) is 6.23 Å². The lowest BCUT2D eigenvalue weighted by atomic mass is 10.1. The number of halogens is 1. The lowest BCUT2D eigenvalue weighted by Gasteiger charge is -2.30. The number of rotatable bonds is 5. The molecule has 1 aromatic carbocycles. The average Bonchev–Trinajstić information content (AvgIpc) is 2.31. The van der Waals surface area contributed by atoms with Gasteiger partial charge in [0.15, 0.2) is 0 Å². The Morgan fingerprint density at radius 3 is 2.56 bits per heavy atom. The van der Waals surface area contributed by atoms with E-state index in [0.29, 0.717) is 17.9 Å². The Labute approximate surface area is 112 Å². The SMILES string of the molecule is CCC(O)N(C(=O)O)C(C)Cc1ccccc1Cl. The van der Waals surface area contributed by atoms with Gasteiger partial charge in [-0.25, -0.2) is 4.79 Å². The average molecular weight is 272 g/mol. The molecule has 0 spiro atoms. The van der Waals surface area contributed by atoms with Crippen LogP contribution in [0.3, 0.4) is 0 Å². The van der Waals surface area contributed by atoms with Crippen LogP contribution in [0, 0.1) is 0 Å². The molecule has 0 heterocycles. The minimum atomic E-state index is -1.12. The topological polar surface area (TPSA) is 60.8 Å². The summed E-state index contributed by atoms with van der Waals surface area (Å²) in [4.78, 5) is 12.2. The van der Waals surface area contributed by atoms with Crippen LogP contribution < -0.4 is 0 Å². The summed E-state index contributed by atoms with van der Waals surface area (Å²) >= 11 is 6.04. The Balaban J connectivity index is 2.82. The number of aliphatic hydroxyl groups excluding tert-OH is 1. The normalized spacial score (nSPS) is 14.0. The fraction of sp³-hybridized carbons (Fsp3) is 0.462. The first-order chi connectivity index (χ1) is 8.47. The molecule has 5 heteroatoms. The van der Waals surface area contributed by atoms with Crippen LogP contribution >= 0.6 is 11.6 Å². The quantitative estimate of drug-likeness (QED) is 0.810. The smallest absolute Gasteiger partial charge is 0.409 e. The lowest BCUT2D eigenvalue weighted by Crippen LogP contribution is -2.46. The monoisotopic (exact) mass is 271 g/mol. The highest BCUT2D eigenvalue weighted by Crippen LogP contribution is 2.19. The van der Waals surface area contributed by atoms with Crippen LogP contribution in [0.1, 0.15) is 25.8 Å². The summed E-state index contributed by atoms with van der Waals surface area (Å²) in [7, 11) is 0. The van der Waals surface area contributed by atoms with Gasteiger partial charge in [-0.2, -0.15) is 0 Å². The van der Waals surface area contributed by atoms with Crippen LogP contribution in [0.4, 0.5) is 4.79 Å². The van der Waals surface area contributed by atoms with Crippen LogP contribution in [-0.4, -0.2) is 33.5 Å². The molecule has 0 saturated heterocycles. The fourth-order valence-electron chi connectivity index (χ4n) is 1.89. The zero-order chi connectivity index (χ0) is 13.7. The third-order valence-electron chi connectivity index (χ3n) is 2.86. The summed E-state index contributed by atoms with van der Waals surface area (Å²) in [5.74, 6) is 0. The van der Waals surface area contributed by atoms with E-state index >= 15 is 0 Å². The molecule has 0 fully saturated rings. The molecule has 1 aromatic rings. The maximum absolute atomic E-state index is 11.1. The highest BCUT2D eigenvalue weighted by molar-refractivity contribution is 6.31. The number of aliphatic hydroxyl groups is 1. The minimum absolute atomic E-state index is 0.336. The maximum atomic E-state index is 11.1. The number of nitrogens with zero attached hydrogens (tertiary/aromatic N) is 1. The van der Waals surface area contributed by atoms with Crippen molar-refractivity contribution in [2.24, 2.45) is 0 Å². The van der Waals surface area contributed by atoms with Gasteiger partial charge in [0, 0.05) is 11.1 Å². The molecule has 0 aliphatic carbocycles. The molecule has 4 nitrogen and oxygen atoms in total. The van der Waals surface area contributed by atoms with Gasteiger partial charge >= 0.3 is 6.09 Å². The lowest BCUT2D eigenvalue weighted by molar-refractivity contribution is -0.00989. The van der Waals surface area contributed by atoms with Crippen molar-refractivity contribution in [1.82, 2.24) is 4.90 Å². The predicted octanol–water partition coefficient (Wildman–Crippen LogP) is 2.98. The van der Waals surface area contributed by atoms with Crippen molar-refractivity contribution in [1.29, 1.82) is 0 Å². The molecule has 1 amide bonds. The summed E-state index contributed by atoms with van der Waals surface area (Å²) in [5, 5.41) is 19.5. The molecule has 0 aliphatic heterocycles. The number of carbonyl (C=O) groups is 1. The molecule has 0 radical (unpaired) electrons. The molecule has 0 bridgehead atoms. The largest absolute Gasteiger partial charge is 0.465 e. The van der Waals surface area contributed by atoms with Crippen molar-refractivity contribution in [3.63, 3.8) is 0 Å². The van der Waals surface area contributed by atoms with Crippen molar-refractivity contribution >= 4 is 17.7 Å². The molecular formula is C13H18ClNO3. The summed E-state index contributed by atoms with van der Waals surface area (Å²) in [5.41, 5.74) is 0.876.